The summed E-state index contributed by atoms with van der Waals surface area (Å²) in [6.45, 7) is 31.4. The van der Waals surface area contributed by atoms with E-state index in [1.165, 1.54) is 86.0 Å². The van der Waals surface area contributed by atoms with Gasteiger partial charge in [0.1, 0.15) is 29.1 Å². The van der Waals surface area contributed by atoms with Gasteiger partial charge in [-0.1, -0.05) is 70.5 Å². The van der Waals surface area contributed by atoms with Crippen LogP contribution >= 0.6 is 0 Å². The van der Waals surface area contributed by atoms with Gasteiger partial charge >= 0.3 is 0 Å². The second-order valence-electron chi connectivity index (χ2n) is 30.6. The number of H-pyrrole nitrogens is 4. The zero-order valence-corrected chi connectivity index (χ0v) is 72.8. The van der Waals surface area contributed by atoms with E-state index in [9.17, 15) is 62.8 Å². The number of fused-ring (bicyclic) bond motifs is 4. The van der Waals surface area contributed by atoms with E-state index in [2.05, 4.69) is 104 Å². The van der Waals surface area contributed by atoms with Crippen LogP contribution in [0.1, 0.15) is 165 Å². The van der Waals surface area contributed by atoms with Gasteiger partial charge in [0.25, 0.3) is 23.6 Å². The predicted octanol–water partition coefficient (Wildman–Crippen LogP) is 17.8. The van der Waals surface area contributed by atoms with Crippen molar-refractivity contribution in [2.24, 2.45) is 0 Å². The number of carbonyl (C=O) groups is 5. The number of unbranched alkanes of at least 4 members (excludes halogenated alkanes) is 1. The number of nitrogens with zero attached hydrogens (tertiary/aromatic N) is 3. The lowest BCUT2D eigenvalue weighted by Gasteiger charge is -2.26. The summed E-state index contributed by atoms with van der Waals surface area (Å²) in [5, 5.41) is 17.4. The summed E-state index contributed by atoms with van der Waals surface area (Å²) >= 11 is 0. The van der Waals surface area contributed by atoms with Crippen LogP contribution in [0, 0.1) is 70.6 Å². The number of anilines is 8. The molecule has 0 spiro atoms. The summed E-state index contributed by atoms with van der Waals surface area (Å²) in [5.41, 5.74) is 15.9. The Labute approximate surface area is 715 Å². The van der Waals surface area contributed by atoms with E-state index in [1.54, 1.807) is 89.4 Å². The van der Waals surface area contributed by atoms with Crippen molar-refractivity contribution in [1.82, 2.24) is 34.6 Å². The molecule has 5 aliphatic heterocycles. The Morgan fingerprint density at radius 1 is 0.496 bits per heavy atom. The molecule has 9 aromatic rings. The summed E-state index contributed by atoms with van der Waals surface area (Å²) in [6.07, 6.45) is 19.8. The van der Waals surface area contributed by atoms with Gasteiger partial charge in [0.2, 0.25) is 26.0 Å². The molecular formula is C92H108F5N15O9S2. The van der Waals surface area contributed by atoms with Crippen molar-refractivity contribution in [3.8, 4) is 11.1 Å². The molecule has 1 saturated heterocycles. The quantitative estimate of drug-likeness (QED) is 0.00863. The van der Waals surface area contributed by atoms with E-state index in [0.29, 0.717) is 142 Å². The number of sulfonamides is 2. The number of aromatic amines is 4. The molecule has 1 fully saturated rings. The highest BCUT2D eigenvalue weighted by molar-refractivity contribution is 7.93. The molecule has 0 atom stereocenters. The molecule has 652 valence electrons. The molecule has 5 aliphatic rings. The first-order valence-corrected chi connectivity index (χ1v) is 44.8. The standard InChI is InChI=1S/C28H30F2N4O.C25H33FN4O3S.C22H27FN4O2.C17H18FN3O3S/c1-17-24(32-18(2)26(17)31-12-15-34-13-4-3-5-14-34)16-21-19-8-6-9-20(27(19)33-28(21)35)25-22(29)10-7-11-23(25)30;1-5-30(6-2)13-9-7-8-10-14-34(32,33)29-24-17(3)23(27-18(24)4)16-21-20-15-19(26)11-12-22(20)28-25(21)31;1-3-27(4-2)10-6-5-7-21(28)25-17-12-16(24-14-17)13-19-18-11-15(23)8-9-20(18)26-22(19)29;1-4-25(23,24)21-16-9(2)15(19-10(16)3)8-13-12-7-11(18)5-6-14(12)20-17(13)22/h6-11,16,31-32H,3-5,12-15H2,1-2H3,(H,33,35);7-8,11-12,15-16,27,29H,5-6,9-10,13-14H2,1-4H3,(H,28,31);8-9,11-14,24H,3-7,10H2,1-2H3,(H,25,28)(H,26,29);5-8,19,21H,4H2,1-3H3,(H,20,22)/b21-16-;8-7+,21-16-;19-13-;13-8-. The molecule has 4 aromatic heterocycles. The maximum atomic E-state index is 14.5. The second kappa shape index (κ2) is 41.3. The minimum Gasteiger partial charge on any atom is -0.382 e. The third-order valence-electron chi connectivity index (χ3n) is 22.3. The number of rotatable bonds is 30. The second-order valence-corrected chi connectivity index (χ2v) is 34.5. The predicted molar refractivity (Wildman–Crippen MR) is 484 cm³/mol. The molecule has 0 bridgehead atoms. The zero-order chi connectivity index (χ0) is 88.6. The summed E-state index contributed by atoms with van der Waals surface area (Å²) in [6, 6.07) is 23.1. The Bertz CT molecular complexity index is 5820. The van der Waals surface area contributed by atoms with Gasteiger partial charge in [-0.3, -0.25) is 33.4 Å². The van der Waals surface area contributed by atoms with Crippen molar-refractivity contribution >= 4 is 142 Å². The SMILES string of the molecule is CCN(CC)CC/C=C/CCS(=O)(=O)Nc1c(C)[nH]c(/C=C2\C(=O)Nc3ccc(F)cc32)c1C.CCN(CC)CCCCC(=O)Nc1c[nH]c(/C=C2\C(=O)Nc3ccc(F)cc32)c1.CCS(=O)(=O)Nc1c(C)[nH]c(/C=C2\C(=O)Nc3ccc(F)cc32)c1C.Cc1[nH]c(/C=C2\C(=O)Nc3c2cccc3-c2c(F)cccc2F)c(C)c1NCCN1CCCCC1. The minimum atomic E-state index is -3.55. The van der Waals surface area contributed by atoms with Crippen molar-refractivity contribution in [2.45, 2.75) is 128 Å². The van der Waals surface area contributed by atoms with Crippen LogP contribution in [0.25, 0.3) is 57.7 Å². The molecule has 24 nitrogen and oxygen atoms in total. The third-order valence-corrected chi connectivity index (χ3v) is 24.8. The lowest BCUT2D eigenvalue weighted by atomic mass is 9.97. The highest BCUT2D eigenvalue weighted by Crippen LogP contribution is 2.44. The number of nitrogens with one attached hydrogen (secondary N) is 12. The number of hydrogen-bond acceptors (Lipinski definition) is 13. The molecule has 123 heavy (non-hydrogen) atoms. The number of benzene rings is 5. The number of aromatic nitrogens is 4. The van der Waals surface area contributed by atoms with Crippen molar-refractivity contribution in [1.29, 1.82) is 0 Å². The van der Waals surface area contributed by atoms with Crippen molar-refractivity contribution in [3.05, 3.63) is 223 Å². The van der Waals surface area contributed by atoms with Crippen LogP contribution in [0.3, 0.4) is 0 Å². The van der Waals surface area contributed by atoms with Gasteiger partial charge in [0.15, 0.2) is 0 Å². The number of aryl methyl sites for hydroxylation is 3. The van der Waals surface area contributed by atoms with Crippen LogP contribution in [0.2, 0.25) is 0 Å². The molecule has 9 heterocycles. The minimum absolute atomic E-state index is 0.0235. The van der Waals surface area contributed by atoms with Gasteiger partial charge in [-0.15, -0.1) is 0 Å². The Hall–Kier alpha value is -11.9. The lowest BCUT2D eigenvalue weighted by Crippen LogP contribution is -2.33. The molecule has 0 radical (unpaired) electrons. The van der Waals surface area contributed by atoms with Crippen LogP contribution < -0.4 is 41.3 Å². The van der Waals surface area contributed by atoms with Crippen molar-refractivity contribution in [2.75, 3.05) is 118 Å². The maximum absolute atomic E-state index is 14.5. The highest BCUT2D eigenvalue weighted by Gasteiger charge is 2.32. The first-order valence-electron chi connectivity index (χ1n) is 41.5. The number of para-hydroxylation sites is 1. The molecule has 0 unspecified atom stereocenters. The fourth-order valence-corrected chi connectivity index (χ4v) is 17.2. The normalized spacial score (nSPS) is 15.5. The van der Waals surface area contributed by atoms with E-state index in [1.807, 2.05) is 32.1 Å². The summed E-state index contributed by atoms with van der Waals surface area (Å²) in [7, 11) is -6.97. The number of carbonyl (C=O) groups excluding carboxylic acids is 5. The Balaban J connectivity index is 0.000000161. The van der Waals surface area contributed by atoms with Gasteiger partial charge in [-0.2, -0.15) is 0 Å². The largest absolute Gasteiger partial charge is 0.382 e. The van der Waals surface area contributed by atoms with Crippen LogP contribution in [0.5, 0.6) is 0 Å². The maximum Gasteiger partial charge on any atom is 0.256 e. The van der Waals surface area contributed by atoms with E-state index in [0.717, 1.165) is 107 Å². The number of allylic oxidation sites excluding steroid dienone is 1. The molecule has 14 rings (SSSR count). The zero-order valence-electron chi connectivity index (χ0n) is 71.1. The number of hydrogen-bond donors (Lipinski definition) is 12. The van der Waals surface area contributed by atoms with Gasteiger partial charge in [0.05, 0.1) is 67.8 Å². The van der Waals surface area contributed by atoms with Gasteiger partial charge in [-0.05, 0) is 247 Å². The average Bonchev–Trinajstić information content (AvgIpc) is 1.63. The topological polar surface area (TPSA) is 323 Å². The average molecular weight is 1730 g/mol. The van der Waals surface area contributed by atoms with Crippen molar-refractivity contribution < 1.29 is 62.8 Å². The van der Waals surface area contributed by atoms with Crippen LogP contribution in [0.15, 0.2) is 115 Å². The smallest absolute Gasteiger partial charge is 0.256 e. The molecular weight excluding hydrogens is 1620 g/mol. The highest BCUT2D eigenvalue weighted by atomic mass is 32.2. The molecule has 12 N–H and O–H groups in total. The third kappa shape index (κ3) is 23.1. The number of amides is 5. The van der Waals surface area contributed by atoms with Gasteiger partial charge < -0.3 is 66.5 Å². The number of piperidine rings is 1. The molecule has 5 aromatic carbocycles. The van der Waals surface area contributed by atoms with Crippen LogP contribution in [0.4, 0.5) is 67.5 Å². The first-order chi connectivity index (χ1) is 58.8. The van der Waals surface area contributed by atoms with E-state index >= 15 is 0 Å². The molecule has 5 amide bonds. The first kappa shape index (κ1) is 91.8. The molecule has 0 aliphatic carbocycles. The fraction of sp³-hybridized carbons (Fsp3) is 0.337. The Morgan fingerprint density at radius 2 is 0.943 bits per heavy atom. The number of halogens is 5. The summed E-state index contributed by atoms with van der Waals surface area (Å²) in [4.78, 5) is 81.7. The molecule has 31 heteroatoms. The summed E-state index contributed by atoms with van der Waals surface area (Å²) < 4.78 is 124. The van der Waals surface area contributed by atoms with Crippen molar-refractivity contribution in [3.63, 3.8) is 0 Å². The van der Waals surface area contributed by atoms with Gasteiger partial charge in [-0.25, -0.2) is 38.8 Å². The van der Waals surface area contributed by atoms with Crippen LogP contribution in [-0.4, -0.2) is 158 Å². The van der Waals surface area contributed by atoms with E-state index < -0.39 is 49.1 Å². The van der Waals surface area contributed by atoms with E-state index in [4.69, 9.17) is 0 Å². The fourth-order valence-electron chi connectivity index (χ4n) is 15.3. The monoisotopic (exact) mass is 1730 g/mol. The Kier molecular flexibility index (Phi) is 30.8. The van der Waals surface area contributed by atoms with Gasteiger partial charge in [0, 0.05) is 117 Å². The number of likely N-dealkylation sites (tertiary alicyclic amines) is 1. The summed E-state index contributed by atoms with van der Waals surface area (Å²) in [5.74, 6) is -3.93. The lowest BCUT2D eigenvalue weighted by molar-refractivity contribution is -0.116. The van der Waals surface area contributed by atoms with Crippen LogP contribution in [-0.2, 0) is 44.0 Å². The van der Waals surface area contributed by atoms with E-state index in [-0.39, 0.29) is 46.6 Å². The molecule has 0 saturated carbocycles. The Morgan fingerprint density at radius 3 is 1.46 bits per heavy atom.